The van der Waals surface area contributed by atoms with Crippen molar-refractivity contribution in [1.82, 2.24) is 10.6 Å². The molecule has 0 aliphatic carbocycles. The Morgan fingerprint density at radius 1 is 1.00 bits per heavy atom. The smallest absolute Gasteiger partial charge is 0.408 e. The van der Waals surface area contributed by atoms with Gasteiger partial charge in [0.2, 0.25) is 11.8 Å². The van der Waals surface area contributed by atoms with Gasteiger partial charge in [-0.2, -0.15) is 0 Å². The third-order valence-electron chi connectivity index (χ3n) is 4.07. The predicted octanol–water partition coefficient (Wildman–Crippen LogP) is 3.79. The van der Waals surface area contributed by atoms with Gasteiger partial charge in [-0.15, -0.1) is 0 Å². The van der Waals surface area contributed by atoms with Gasteiger partial charge in [-0.1, -0.05) is 36.4 Å². The van der Waals surface area contributed by atoms with E-state index < -0.39 is 11.7 Å². The van der Waals surface area contributed by atoms with Crippen LogP contribution < -0.4 is 16.0 Å². The molecule has 7 nitrogen and oxygen atoms in total. The second kappa shape index (κ2) is 11.0. The SMILES string of the molecule is Cc1ccccc1/C=C/C(=O)NCc1cccc(NC(=O)CNC(=O)OC(C)(C)C)c1. The molecule has 0 saturated heterocycles. The summed E-state index contributed by atoms with van der Waals surface area (Å²) in [6, 6.07) is 14.9. The van der Waals surface area contributed by atoms with Gasteiger partial charge in [0.05, 0.1) is 0 Å². The van der Waals surface area contributed by atoms with E-state index in [1.165, 1.54) is 6.08 Å². The maximum absolute atomic E-state index is 12.1. The first-order valence-electron chi connectivity index (χ1n) is 9.99. The maximum Gasteiger partial charge on any atom is 0.408 e. The monoisotopic (exact) mass is 423 g/mol. The van der Waals surface area contributed by atoms with Crippen LogP contribution in [-0.2, 0) is 20.9 Å². The van der Waals surface area contributed by atoms with Gasteiger partial charge in [0.1, 0.15) is 12.1 Å². The largest absolute Gasteiger partial charge is 0.444 e. The number of anilines is 1. The van der Waals surface area contributed by atoms with Gasteiger partial charge in [0.15, 0.2) is 0 Å². The molecule has 2 rings (SSSR count). The molecule has 31 heavy (non-hydrogen) atoms. The van der Waals surface area contributed by atoms with E-state index in [1.54, 1.807) is 45.0 Å². The summed E-state index contributed by atoms with van der Waals surface area (Å²) in [5.74, 6) is -0.590. The van der Waals surface area contributed by atoms with Crippen molar-refractivity contribution in [2.24, 2.45) is 0 Å². The average molecular weight is 424 g/mol. The highest BCUT2D eigenvalue weighted by Crippen LogP contribution is 2.11. The Bertz CT molecular complexity index is 961. The van der Waals surface area contributed by atoms with Crippen LogP contribution in [0.2, 0.25) is 0 Å². The quantitative estimate of drug-likeness (QED) is 0.591. The van der Waals surface area contributed by atoms with Crippen LogP contribution >= 0.6 is 0 Å². The van der Waals surface area contributed by atoms with E-state index in [4.69, 9.17) is 4.74 Å². The zero-order chi connectivity index (χ0) is 22.9. The standard InChI is InChI=1S/C24H29N3O4/c1-17-8-5-6-10-19(17)12-13-21(28)25-15-18-9-7-11-20(14-18)27-22(29)16-26-23(30)31-24(2,3)4/h5-14H,15-16H2,1-4H3,(H,25,28)(H,26,30)(H,27,29)/b13-12+. The first kappa shape index (κ1) is 23.7. The molecule has 0 heterocycles. The number of benzene rings is 2. The zero-order valence-electron chi connectivity index (χ0n) is 18.3. The van der Waals surface area contributed by atoms with E-state index in [-0.39, 0.29) is 18.4 Å². The zero-order valence-corrected chi connectivity index (χ0v) is 18.3. The van der Waals surface area contributed by atoms with Gasteiger partial charge in [-0.25, -0.2) is 4.79 Å². The lowest BCUT2D eigenvalue weighted by Crippen LogP contribution is -2.37. The number of ether oxygens (including phenoxy) is 1. The highest BCUT2D eigenvalue weighted by Gasteiger charge is 2.16. The van der Waals surface area contributed by atoms with Gasteiger partial charge < -0.3 is 20.7 Å². The third-order valence-corrected chi connectivity index (χ3v) is 4.07. The van der Waals surface area contributed by atoms with Gasteiger partial charge in [0, 0.05) is 18.3 Å². The lowest BCUT2D eigenvalue weighted by atomic mass is 10.1. The minimum Gasteiger partial charge on any atom is -0.444 e. The molecule has 0 aliphatic heterocycles. The fraction of sp³-hybridized carbons (Fsp3) is 0.292. The van der Waals surface area contributed by atoms with Crippen molar-refractivity contribution in [3.63, 3.8) is 0 Å². The number of carbonyl (C=O) groups is 3. The molecule has 0 saturated carbocycles. The van der Waals surface area contributed by atoms with Crippen LogP contribution in [0.25, 0.3) is 6.08 Å². The molecule has 0 fully saturated rings. The van der Waals surface area contributed by atoms with Crippen molar-refractivity contribution in [3.05, 3.63) is 71.3 Å². The van der Waals surface area contributed by atoms with E-state index >= 15 is 0 Å². The van der Waals surface area contributed by atoms with Crippen molar-refractivity contribution in [2.45, 2.75) is 39.8 Å². The Morgan fingerprint density at radius 2 is 1.74 bits per heavy atom. The Morgan fingerprint density at radius 3 is 2.45 bits per heavy atom. The van der Waals surface area contributed by atoms with Crippen LogP contribution in [0, 0.1) is 6.92 Å². The molecule has 2 aromatic carbocycles. The molecule has 0 bridgehead atoms. The highest BCUT2D eigenvalue weighted by atomic mass is 16.6. The van der Waals surface area contributed by atoms with Crippen LogP contribution in [0.1, 0.15) is 37.5 Å². The Labute approximate surface area is 182 Å². The van der Waals surface area contributed by atoms with Gasteiger partial charge >= 0.3 is 6.09 Å². The summed E-state index contributed by atoms with van der Waals surface area (Å²) < 4.78 is 5.09. The van der Waals surface area contributed by atoms with E-state index in [9.17, 15) is 14.4 Å². The molecule has 0 unspecified atom stereocenters. The first-order chi connectivity index (χ1) is 14.6. The number of amides is 3. The fourth-order valence-electron chi connectivity index (χ4n) is 2.62. The van der Waals surface area contributed by atoms with Crippen molar-refractivity contribution >= 4 is 29.7 Å². The normalized spacial score (nSPS) is 11.1. The molecule has 0 atom stereocenters. The second-order valence-electron chi connectivity index (χ2n) is 8.01. The summed E-state index contributed by atoms with van der Waals surface area (Å²) in [7, 11) is 0. The topological polar surface area (TPSA) is 96.5 Å². The van der Waals surface area contributed by atoms with Gasteiger partial charge in [-0.05, 0) is 62.6 Å². The molecule has 3 amide bonds. The lowest BCUT2D eigenvalue weighted by Gasteiger charge is -2.19. The van der Waals surface area contributed by atoms with Crippen molar-refractivity contribution in [2.75, 3.05) is 11.9 Å². The number of hydrogen-bond donors (Lipinski definition) is 3. The molecule has 0 aliphatic rings. The second-order valence-corrected chi connectivity index (χ2v) is 8.01. The summed E-state index contributed by atoms with van der Waals surface area (Å²) >= 11 is 0. The van der Waals surface area contributed by atoms with Gasteiger partial charge in [-0.3, -0.25) is 9.59 Å². The van der Waals surface area contributed by atoms with Crippen molar-refractivity contribution < 1.29 is 19.1 Å². The number of rotatable bonds is 7. The average Bonchev–Trinajstić information content (AvgIpc) is 2.69. The number of alkyl carbamates (subject to hydrolysis) is 1. The minimum atomic E-state index is -0.655. The van der Waals surface area contributed by atoms with E-state index in [0.29, 0.717) is 12.2 Å². The summed E-state index contributed by atoms with van der Waals surface area (Å²) in [4.78, 5) is 35.8. The summed E-state index contributed by atoms with van der Waals surface area (Å²) in [6.45, 7) is 7.33. The predicted molar refractivity (Wildman–Crippen MR) is 121 cm³/mol. The van der Waals surface area contributed by atoms with Crippen molar-refractivity contribution in [1.29, 1.82) is 0 Å². The molecule has 0 radical (unpaired) electrons. The van der Waals surface area contributed by atoms with Crippen molar-refractivity contribution in [3.8, 4) is 0 Å². The van der Waals surface area contributed by atoms with Gasteiger partial charge in [0.25, 0.3) is 0 Å². The first-order valence-corrected chi connectivity index (χ1v) is 9.99. The summed E-state index contributed by atoms with van der Waals surface area (Å²) in [6.07, 6.45) is 2.62. The molecule has 0 aromatic heterocycles. The molecule has 2 aromatic rings. The Kier molecular flexibility index (Phi) is 8.37. The molecule has 164 valence electrons. The third kappa shape index (κ3) is 9.16. The minimum absolute atomic E-state index is 0.209. The van der Waals surface area contributed by atoms with Crippen LogP contribution in [0.15, 0.2) is 54.6 Å². The van der Waals surface area contributed by atoms with E-state index in [2.05, 4.69) is 16.0 Å². The number of hydrogen-bond acceptors (Lipinski definition) is 4. The van der Waals surface area contributed by atoms with E-state index in [1.807, 2.05) is 37.3 Å². The fourth-order valence-corrected chi connectivity index (χ4v) is 2.62. The Balaban J connectivity index is 1.82. The number of nitrogens with one attached hydrogen (secondary N) is 3. The molecular weight excluding hydrogens is 394 g/mol. The Hall–Kier alpha value is -3.61. The number of aryl methyl sites for hydroxylation is 1. The maximum atomic E-state index is 12.1. The molecular formula is C24H29N3O4. The summed E-state index contributed by atoms with van der Waals surface area (Å²) in [5.41, 5.74) is 2.85. The van der Waals surface area contributed by atoms with Crippen LogP contribution in [0.3, 0.4) is 0 Å². The molecule has 7 heteroatoms. The van der Waals surface area contributed by atoms with Crippen LogP contribution in [0.4, 0.5) is 10.5 Å². The van der Waals surface area contributed by atoms with E-state index in [0.717, 1.165) is 16.7 Å². The molecule has 3 N–H and O–H groups in total. The lowest BCUT2D eigenvalue weighted by molar-refractivity contribution is -0.117. The highest BCUT2D eigenvalue weighted by molar-refractivity contribution is 5.94. The van der Waals surface area contributed by atoms with Crippen LogP contribution in [-0.4, -0.2) is 30.1 Å². The number of carbonyl (C=O) groups excluding carboxylic acids is 3. The van der Waals surface area contributed by atoms with Crippen LogP contribution in [0.5, 0.6) is 0 Å². The summed E-state index contributed by atoms with van der Waals surface area (Å²) in [5, 5.41) is 7.93. The molecule has 0 spiro atoms.